The number of hydrogen-bond donors (Lipinski definition) is 1. The van der Waals surface area contributed by atoms with Crippen LogP contribution in [0.2, 0.25) is 0 Å². The van der Waals surface area contributed by atoms with Crippen molar-refractivity contribution < 1.29 is 0 Å². The molecule has 0 unspecified atom stereocenters. The third-order valence-corrected chi connectivity index (χ3v) is 3.63. The Bertz CT molecular complexity index is 344. The zero-order chi connectivity index (χ0) is 11.6. The van der Waals surface area contributed by atoms with E-state index in [1.807, 2.05) is 18.7 Å². The highest BCUT2D eigenvalue weighted by atomic mass is 15.3. The Morgan fingerprint density at radius 2 is 2.06 bits per heavy atom. The van der Waals surface area contributed by atoms with Gasteiger partial charge in [-0.05, 0) is 39.3 Å². The van der Waals surface area contributed by atoms with Gasteiger partial charge in [-0.25, -0.2) is 4.98 Å². The number of rotatable bonds is 3. The van der Waals surface area contributed by atoms with Gasteiger partial charge in [0, 0.05) is 12.5 Å². The van der Waals surface area contributed by atoms with E-state index in [1.165, 1.54) is 31.5 Å². The van der Waals surface area contributed by atoms with E-state index in [0.717, 1.165) is 18.9 Å². The van der Waals surface area contributed by atoms with Gasteiger partial charge in [-0.3, -0.25) is 4.68 Å². The van der Waals surface area contributed by atoms with Gasteiger partial charge in [0.15, 0.2) is 0 Å². The Labute approximate surface area is 97.5 Å². The molecule has 0 spiro atoms. The summed E-state index contributed by atoms with van der Waals surface area (Å²) < 4.78 is 1.98. The van der Waals surface area contributed by atoms with Crippen LogP contribution in [-0.2, 0) is 12.5 Å². The Morgan fingerprint density at radius 3 is 2.56 bits per heavy atom. The number of aromatic nitrogens is 3. The molecular weight excluding hydrogens is 200 g/mol. The van der Waals surface area contributed by atoms with Crippen molar-refractivity contribution in [2.75, 3.05) is 13.1 Å². The molecule has 2 heterocycles. The summed E-state index contributed by atoms with van der Waals surface area (Å²) in [4.78, 5) is 4.65. The minimum atomic E-state index is 0.260. The fraction of sp³-hybridized carbons (Fsp3) is 0.833. The van der Waals surface area contributed by atoms with Gasteiger partial charge in [0.2, 0.25) is 0 Å². The van der Waals surface area contributed by atoms with Gasteiger partial charge in [-0.15, -0.1) is 0 Å². The lowest BCUT2D eigenvalue weighted by Gasteiger charge is -2.36. The Morgan fingerprint density at radius 1 is 1.38 bits per heavy atom. The first-order valence-corrected chi connectivity index (χ1v) is 6.27. The maximum absolute atomic E-state index is 4.65. The van der Waals surface area contributed by atoms with Gasteiger partial charge in [0.1, 0.15) is 11.6 Å². The average Bonchev–Trinajstić information content (AvgIpc) is 2.60. The summed E-state index contributed by atoms with van der Waals surface area (Å²) in [6.45, 7) is 6.44. The second kappa shape index (κ2) is 4.53. The highest BCUT2D eigenvalue weighted by Crippen LogP contribution is 2.36. The standard InChI is InChI=1S/C12H22N4/c1-4-5-12(6-8-13-9-7-12)11-14-10(2)15-16(11)3/h13H,4-9H2,1-3H3. The van der Waals surface area contributed by atoms with Crippen LogP contribution in [0.3, 0.4) is 0 Å². The van der Waals surface area contributed by atoms with Crippen molar-refractivity contribution in [1.82, 2.24) is 20.1 Å². The lowest BCUT2D eigenvalue weighted by Crippen LogP contribution is -2.41. The summed E-state index contributed by atoms with van der Waals surface area (Å²) >= 11 is 0. The maximum atomic E-state index is 4.65. The van der Waals surface area contributed by atoms with Crippen LogP contribution < -0.4 is 5.32 Å². The van der Waals surface area contributed by atoms with Crippen LogP contribution in [0.25, 0.3) is 0 Å². The molecule has 4 nitrogen and oxygen atoms in total. The minimum Gasteiger partial charge on any atom is -0.317 e. The first-order chi connectivity index (χ1) is 7.68. The molecule has 1 N–H and O–H groups in total. The highest BCUT2D eigenvalue weighted by molar-refractivity contribution is 5.11. The molecule has 1 aromatic heterocycles. The van der Waals surface area contributed by atoms with E-state index in [1.54, 1.807) is 0 Å². The van der Waals surface area contributed by atoms with Crippen LogP contribution in [0.4, 0.5) is 0 Å². The summed E-state index contributed by atoms with van der Waals surface area (Å²) in [6.07, 6.45) is 4.81. The van der Waals surface area contributed by atoms with Crippen LogP contribution in [0.1, 0.15) is 44.3 Å². The van der Waals surface area contributed by atoms with Crippen molar-refractivity contribution in [2.24, 2.45) is 7.05 Å². The van der Waals surface area contributed by atoms with Gasteiger partial charge in [-0.1, -0.05) is 13.3 Å². The molecule has 1 saturated heterocycles. The molecule has 0 aromatic carbocycles. The first-order valence-electron chi connectivity index (χ1n) is 6.27. The van der Waals surface area contributed by atoms with Crippen LogP contribution in [0.5, 0.6) is 0 Å². The van der Waals surface area contributed by atoms with Crippen molar-refractivity contribution in [3.05, 3.63) is 11.6 Å². The molecule has 4 heteroatoms. The number of piperidine rings is 1. The minimum absolute atomic E-state index is 0.260. The molecule has 16 heavy (non-hydrogen) atoms. The second-order valence-corrected chi connectivity index (χ2v) is 4.89. The van der Waals surface area contributed by atoms with Crippen LogP contribution in [0, 0.1) is 6.92 Å². The Hall–Kier alpha value is -0.900. The van der Waals surface area contributed by atoms with Crippen molar-refractivity contribution in [3.63, 3.8) is 0 Å². The van der Waals surface area contributed by atoms with Crippen molar-refractivity contribution in [3.8, 4) is 0 Å². The number of aryl methyl sites for hydroxylation is 2. The van der Waals surface area contributed by atoms with E-state index in [-0.39, 0.29) is 5.41 Å². The molecule has 1 fully saturated rings. The third kappa shape index (κ3) is 1.98. The summed E-state index contributed by atoms with van der Waals surface area (Å²) in [5.74, 6) is 2.08. The molecule has 0 atom stereocenters. The van der Waals surface area contributed by atoms with E-state index in [2.05, 4.69) is 22.3 Å². The lowest BCUT2D eigenvalue weighted by molar-refractivity contribution is 0.262. The van der Waals surface area contributed by atoms with Gasteiger partial charge in [0.25, 0.3) is 0 Å². The zero-order valence-electron chi connectivity index (χ0n) is 10.6. The monoisotopic (exact) mass is 222 g/mol. The molecule has 1 aliphatic rings. The number of nitrogens with one attached hydrogen (secondary N) is 1. The fourth-order valence-corrected chi connectivity index (χ4v) is 2.94. The van der Waals surface area contributed by atoms with E-state index >= 15 is 0 Å². The highest BCUT2D eigenvalue weighted by Gasteiger charge is 2.37. The SMILES string of the molecule is CCCC1(c2nc(C)nn2C)CCNCC1. The van der Waals surface area contributed by atoms with Crippen molar-refractivity contribution in [2.45, 2.75) is 44.9 Å². The van der Waals surface area contributed by atoms with Crippen LogP contribution in [0.15, 0.2) is 0 Å². The Balaban J connectivity index is 2.34. The normalized spacial score (nSPS) is 19.9. The van der Waals surface area contributed by atoms with E-state index in [4.69, 9.17) is 0 Å². The molecule has 0 amide bonds. The summed E-state index contributed by atoms with van der Waals surface area (Å²) in [7, 11) is 2.02. The van der Waals surface area contributed by atoms with Gasteiger partial charge < -0.3 is 5.32 Å². The molecule has 1 aromatic rings. The van der Waals surface area contributed by atoms with E-state index in [9.17, 15) is 0 Å². The molecule has 0 aliphatic carbocycles. The number of nitrogens with zero attached hydrogens (tertiary/aromatic N) is 3. The summed E-state index contributed by atoms with van der Waals surface area (Å²) in [6, 6.07) is 0. The maximum Gasteiger partial charge on any atom is 0.147 e. The number of hydrogen-bond acceptors (Lipinski definition) is 3. The third-order valence-electron chi connectivity index (χ3n) is 3.63. The summed E-state index contributed by atoms with van der Waals surface area (Å²) in [5.41, 5.74) is 0.260. The molecule has 0 radical (unpaired) electrons. The molecule has 2 rings (SSSR count). The second-order valence-electron chi connectivity index (χ2n) is 4.89. The van der Waals surface area contributed by atoms with E-state index < -0.39 is 0 Å². The first kappa shape index (κ1) is 11.6. The summed E-state index contributed by atoms with van der Waals surface area (Å²) in [5, 5.41) is 7.84. The molecular formula is C12H22N4. The van der Waals surface area contributed by atoms with Gasteiger partial charge in [-0.2, -0.15) is 5.10 Å². The molecule has 90 valence electrons. The Kier molecular flexibility index (Phi) is 3.28. The largest absolute Gasteiger partial charge is 0.317 e. The predicted molar refractivity (Wildman–Crippen MR) is 64.4 cm³/mol. The quantitative estimate of drug-likeness (QED) is 0.843. The smallest absolute Gasteiger partial charge is 0.147 e. The zero-order valence-corrected chi connectivity index (χ0v) is 10.6. The van der Waals surface area contributed by atoms with Crippen molar-refractivity contribution in [1.29, 1.82) is 0 Å². The predicted octanol–water partition coefficient (Wildman–Crippen LogP) is 1.54. The van der Waals surface area contributed by atoms with E-state index in [0.29, 0.717) is 0 Å². The van der Waals surface area contributed by atoms with Gasteiger partial charge in [0.05, 0.1) is 0 Å². The molecule has 0 bridgehead atoms. The van der Waals surface area contributed by atoms with Crippen molar-refractivity contribution >= 4 is 0 Å². The molecule has 1 aliphatic heterocycles. The topological polar surface area (TPSA) is 42.7 Å². The molecule has 0 saturated carbocycles. The average molecular weight is 222 g/mol. The fourth-order valence-electron chi connectivity index (χ4n) is 2.94. The van der Waals surface area contributed by atoms with Gasteiger partial charge >= 0.3 is 0 Å². The van der Waals surface area contributed by atoms with Crippen LogP contribution in [-0.4, -0.2) is 27.9 Å². The van der Waals surface area contributed by atoms with Crippen LogP contribution >= 0.6 is 0 Å². The lowest BCUT2D eigenvalue weighted by atomic mass is 9.74.